The summed E-state index contributed by atoms with van der Waals surface area (Å²) < 4.78 is 25.6. The van der Waals surface area contributed by atoms with E-state index in [4.69, 9.17) is 52.1 Å². The molecular weight excluding hydrogens is 859 g/mol. The SMILES string of the molecule is Cc1cc(OCCCN(C)C(=O)OC(C)(C)C)cn2c(=O)cc(-c3cccc(-c4cccc(-c5cc(=O)n6cc(OCCCN(C)C(=O)OC(C)(C)C)cc(C)c6n5)c4Cl)c3Cl)nc12. The summed E-state index contributed by atoms with van der Waals surface area (Å²) in [5.41, 5.74) is 3.47. The van der Waals surface area contributed by atoms with Crippen LogP contribution in [0.2, 0.25) is 10.0 Å². The molecule has 4 heterocycles. The maximum atomic E-state index is 13.6. The van der Waals surface area contributed by atoms with Gasteiger partial charge in [-0.2, -0.15) is 0 Å². The maximum absolute atomic E-state index is 13.6. The van der Waals surface area contributed by atoms with Crippen LogP contribution in [0.3, 0.4) is 0 Å². The highest BCUT2D eigenvalue weighted by atomic mass is 35.5. The number of aryl methyl sites for hydroxylation is 2. The molecule has 6 aromatic rings. The summed E-state index contributed by atoms with van der Waals surface area (Å²) >= 11 is 14.3. The third-order valence-electron chi connectivity index (χ3n) is 9.90. The largest absolute Gasteiger partial charge is 0.492 e. The van der Waals surface area contributed by atoms with Gasteiger partial charge >= 0.3 is 12.2 Å². The second-order valence-corrected chi connectivity index (χ2v) is 18.4. The fourth-order valence-electron chi connectivity index (χ4n) is 6.83. The average Bonchev–Trinajstić information content (AvgIpc) is 3.20. The van der Waals surface area contributed by atoms with E-state index >= 15 is 0 Å². The minimum absolute atomic E-state index is 0.314. The van der Waals surface area contributed by atoms with Gasteiger partial charge in [-0.15, -0.1) is 0 Å². The van der Waals surface area contributed by atoms with Crippen molar-refractivity contribution in [2.24, 2.45) is 0 Å². The fraction of sp³-hybridized carbons (Fsp3) is 0.375. The number of aromatic nitrogens is 4. The van der Waals surface area contributed by atoms with Crippen LogP contribution in [0.25, 0.3) is 44.9 Å². The van der Waals surface area contributed by atoms with Crippen molar-refractivity contribution in [2.45, 2.75) is 79.4 Å². The number of hydrogen-bond acceptors (Lipinski definition) is 10. The summed E-state index contributed by atoms with van der Waals surface area (Å²) in [6.45, 7) is 16.1. The zero-order chi connectivity index (χ0) is 46.7. The molecule has 0 aliphatic heterocycles. The minimum Gasteiger partial charge on any atom is -0.492 e. The molecule has 0 bridgehead atoms. The normalized spacial score (nSPS) is 11.8. The fourth-order valence-corrected chi connectivity index (χ4v) is 7.48. The van der Waals surface area contributed by atoms with Gasteiger partial charge in [-0.1, -0.05) is 59.6 Å². The predicted octanol–water partition coefficient (Wildman–Crippen LogP) is 9.90. The first-order chi connectivity index (χ1) is 30.1. The second-order valence-electron chi connectivity index (χ2n) is 17.6. The first-order valence-corrected chi connectivity index (χ1v) is 21.7. The lowest BCUT2D eigenvalue weighted by Crippen LogP contribution is -2.35. The molecule has 0 saturated heterocycles. The summed E-state index contributed by atoms with van der Waals surface area (Å²) in [7, 11) is 3.35. The average molecular weight is 914 g/mol. The zero-order valence-electron chi connectivity index (χ0n) is 37.9. The molecule has 4 aromatic heterocycles. The number of nitrogens with zero attached hydrogens (tertiary/aromatic N) is 6. The first-order valence-electron chi connectivity index (χ1n) is 20.9. The lowest BCUT2D eigenvalue weighted by Gasteiger charge is -2.24. The van der Waals surface area contributed by atoms with E-state index < -0.39 is 23.4 Å². The molecule has 16 heteroatoms. The smallest absolute Gasteiger partial charge is 0.410 e. The number of pyridine rings is 2. The van der Waals surface area contributed by atoms with Gasteiger partial charge in [-0.05, 0) is 91.5 Å². The molecule has 338 valence electrons. The number of halogens is 2. The Morgan fingerprint density at radius 3 is 1.33 bits per heavy atom. The third-order valence-corrected chi connectivity index (χ3v) is 10.7. The van der Waals surface area contributed by atoms with Gasteiger partial charge in [0.15, 0.2) is 0 Å². The monoisotopic (exact) mass is 912 g/mol. The van der Waals surface area contributed by atoms with E-state index in [0.29, 0.717) is 117 Å². The second kappa shape index (κ2) is 19.3. The lowest BCUT2D eigenvalue weighted by molar-refractivity contribution is 0.0281. The van der Waals surface area contributed by atoms with E-state index in [1.54, 1.807) is 38.6 Å². The molecule has 0 N–H and O–H groups in total. The molecule has 0 fully saturated rings. The van der Waals surface area contributed by atoms with E-state index in [-0.39, 0.29) is 11.1 Å². The number of hydrogen-bond donors (Lipinski definition) is 0. The summed E-state index contributed by atoms with van der Waals surface area (Å²) in [5.74, 6) is 0.976. The molecule has 0 spiro atoms. The molecule has 14 nitrogen and oxygen atoms in total. The Hall–Kier alpha value is -6.12. The van der Waals surface area contributed by atoms with Crippen LogP contribution in [-0.4, -0.2) is 92.4 Å². The van der Waals surface area contributed by atoms with E-state index in [0.717, 1.165) is 0 Å². The zero-order valence-corrected chi connectivity index (χ0v) is 39.4. The highest BCUT2D eigenvalue weighted by Crippen LogP contribution is 2.42. The molecule has 64 heavy (non-hydrogen) atoms. The van der Waals surface area contributed by atoms with Crippen LogP contribution in [0.1, 0.15) is 65.5 Å². The molecule has 0 aliphatic carbocycles. The summed E-state index contributed by atoms with van der Waals surface area (Å²) in [6, 6.07) is 17.3. The van der Waals surface area contributed by atoms with Gasteiger partial charge in [0.1, 0.15) is 34.0 Å². The van der Waals surface area contributed by atoms with Crippen LogP contribution in [-0.2, 0) is 9.47 Å². The van der Waals surface area contributed by atoms with Crippen molar-refractivity contribution in [2.75, 3.05) is 40.4 Å². The van der Waals surface area contributed by atoms with Crippen LogP contribution < -0.4 is 20.6 Å². The highest BCUT2D eigenvalue weighted by Gasteiger charge is 2.22. The van der Waals surface area contributed by atoms with E-state index in [9.17, 15) is 19.2 Å². The highest BCUT2D eigenvalue weighted by molar-refractivity contribution is 6.39. The summed E-state index contributed by atoms with van der Waals surface area (Å²) in [5, 5.41) is 0.663. The van der Waals surface area contributed by atoms with Gasteiger partial charge in [0.05, 0.1) is 47.0 Å². The Morgan fingerprint density at radius 1 is 0.609 bits per heavy atom. The van der Waals surface area contributed by atoms with Crippen LogP contribution >= 0.6 is 23.2 Å². The topological polar surface area (TPSA) is 146 Å². The molecule has 0 radical (unpaired) electrons. The number of rotatable bonds is 13. The standard InChI is InChI=1S/C48H54Cl2N6O8/c1-29-23-31(61-21-13-19-53(9)45(59)63-47(3,4)5)27-55-39(57)25-37(51-43(29)55)35-17-11-15-33(41(35)49)34-16-12-18-36(42(34)50)38-26-40(58)56-28-32(24-30(2)44(56)52-38)62-22-14-20-54(10)46(60)64-48(6,7)8/h11-12,15-18,23-28H,13-14,19-22H2,1-10H3. The van der Waals surface area contributed by atoms with Gasteiger partial charge in [-0.25, -0.2) is 19.6 Å². The molecule has 2 amide bonds. The van der Waals surface area contributed by atoms with E-state index in [2.05, 4.69) is 0 Å². The van der Waals surface area contributed by atoms with Crippen molar-refractivity contribution >= 4 is 46.7 Å². The van der Waals surface area contributed by atoms with E-state index in [1.165, 1.54) is 30.7 Å². The van der Waals surface area contributed by atoms with Crippen molar-refractivity contribution in [1.29, 1.82) is 0 Å². The molecule has 0 aliphatic rings. The maximum Gasteiger partial charge on any atom is 0.410 e. The summed E-state index contributed by atoms with van der Waals surface area (Å²) in [4.78, 5) is 64.5. The van der Waals surface area contributed by atoms with Crippen molar-refractivity contribution in [3.05, 3.63) is 115 Å². The number of fused-ring (bicyclic) bond motifs is 2. The third kappa shape index (κ3) is 11.3. The number of benzene rings is 2. The number of ether oxygens (including phenoxy) is 4. The van der Waals surface area contributed by atoms with E-state index in [1.807, 2.05) is 91.8 Å². The van der Waals surface area contributed by atoms with Crippen LogP contribution in [0.5, 0.6) is 11.5 Å². The quantitative estimate of drug-likeness (QED) is 0.103. The molecule has 2 aromatic carbocycles. The van der Waals surface area contributed by atoms with Crippen molar-refractivity contribution in [3.63, 3.8) is 0 Å². The number of carbonyl (C=O) groups excluding carboxylic acids is 2. The number of amides is 2. The van der Waals surface area contributed by atoms with Crippen molar-refractivity contribution in [1.82, 2.24) is 28.6 Å². The molecule has 0 unspecified atom stereocenters. The first kappa shape index (κ1) is 47.4. The van der Waals surface area contributed by atoms with Gasteiger partial charge < -0.3 is 28.7 Å². The number of carbonyl (C=O) groups is 2. The Kier molecular flexibility index (Phi) is 14.3. The Labute approximate surface area is 382 Å². The van der Waals surface area contributed by atoms with Crippen molar-refractivity contribution < 1.29 is 28.5 Å². The van der Waals surface area contributed by atoms with Crippen molar-refractivity contribution in [3.8, 4) is 45.1 Å². The van der Waals surface area contributed by atoms with Crippen LogP contribution in [0, 0.1) is 13.8 Å². The van der Waals surface area contributed by atoms with Crippen LogP contribution in [0.4, 0.5) is 9.59 Å². The molecule has 0 atom stereocenters. The molecule has 6 rings (SSSR count). The van der Waals surface area contributed by atoms with Gasteiger partial charge in [-0.3, -0.25) is 18.4 Å². The molecular formula is C48H54Cl2N6O8. The molecule has 0 saturated carbocycles. The van der Waals surface area contributed by atoms with Crippen LogP contribution in [0.15, 0.2) is 82.6 Å². The van der Waals surface area contributed by atoms with Gasteiger partial charge in [0.25, 0.3) is 11.1 Å². The Balaban J connectivity index is 1.19. The van der Waals surface area contributed by atoms with Gasteiger partial charge in [0.2, 0.25) is 0 Å². The minimum atomic E-state index is -0.584. The Bertz CT molecular complexity index is 2650. The predicted molar refractivity (Wildman–Crippen MR) is 250 cm³/mol. The lowest BCUT2D eigenvalue weighted by atomic mass is 9.98. The Morgan fingerprint density at radius 2 is 0.969 bits per heavy atom. The summed E-state index contributed by atoms with van der Waals surface area (Å²) in [6.07, 6.45) is 3.48. The van der Waals surface area contributed by atoms with Gasteiger partial charge in [0, 0.05) is 61.6 Å².